The molecule has 0 saturated carbocycles. The third kappa shape index (κ3) is 5.90. The molecule has 1 aliphatic rings. The number of halogens is 3. The van der Waals surface area contributed by atoms with E-state index >= 15 is 0 Å². The van der Waals surface area contributed by atoms with Crippen molar-refractivity contribution in [3.05, 3.63) is 63.9 Å². The Bertz CT molecular complexity index is 826. The van der Waals surface area contributed by atoms with Crippen molar-refractivity contribution in [2.24, 2.45) is 4.99 Å². The number of carbonyl (C=O) groups excluding carboxylic acids is 1. The van der Waals surface area contributed by atoms with Crippen molar-refractivity contribution in [3.63, 3.8) is 0 Å². The topological polar surface area (TPSA) is 65.5 Å². The summed E-state index contributed by atoms with van der Waals surface area (Å²) in [6, 6.07) is 12.6. The number of hydrogen-bond acceptors (Lipinski definition) is 2. The van der Waals surface area contributed by atoms with Gasteiger partial charge in [-0.05, 0) is 35.4 Å². The van der Waals surface area contributed by atoms with Crippen molar-refractivity contribution in [1.29, 1.82) is 0 Å². The van der Waals surface area contributed by atoms with Gasteiger partial charge in [-0.15, -0.1) is 24.0 Å². The van der Waals surface area contributed by atoms with Crippen LogP contribution in [0, 0.1) is 5.82 Å². The Morgan fingerprint density at radius 2 is 2.07 bits per heavy atom. The number of nitrogens with zero attached hydrogens (tertiary/aromatic N) is 1. The molecule has 0 fully saturated rings. The molecular weight excluding hydrogens is 526 g/mol. The molecule has 2 aromatic carbocycles. The summed E-state index contributed by atoms with van der Waals surface area (Å²) >= 11 is 3.29. The lowest BCUT2D eigenvalue weighted by molar-refractivity contribution is -0.116. The third-order valence-electron chi connectivity index (χ3n) is 4.23. The lowest BCUT2D eigenvalue weighted by Gasteiger charge is -2.26. The van der Waals surface area contributed by atoms with Gasteiger partial charge in [0.05, 0.1) is 0 Å². The Hall–Kier alpha value is -1.68. The molecule has 0 aromatic heterocycles. The molecule has 0 spiro atoms. The Balaban J connectivity index is 0.00000261. The summed E-state index contributed by atoms with van der Waals surface area (Å²) in [4.78, 5) is 16.1. The summed E-state index contributed by atoms with van der Waals surface area (Å²) in [5.74, 6) is 0.405. The number of benzene rings is 2. The van der Waals surface area contributed by atoms with Crippen molar-refractivity contribution in [3.8, 4) is 0 Å². The first-order valence-corrected chi connectivity index (χ1v) is 9.12. The first-order valence-electron chi connectivity index (χ1n) is 8.33. The van der Waals surface area contributed by atoms with Gasteiger partial charge in [-0.2, -0.15) is 0 Å². The molecule has 0 saturated heterocycles. The van der Waals surface area contributed by atoms with Crippen LogP contribution in [0.2, 0.25) is 0 Å². The Kier molecular flexibility index (Phi) is 8.03. The van der Waals surface area contributed by atoms with E-state index in [-0.39, 0.29) is 41.6 Å². The lowest BCUT2D eigenvalue weighted by Crippen LogP contribution is -2.40. The van der Waals surface area contributed by atoms with E-state index in [1.54, 1.807) is 7.05 Å². The predicted molar refractivity (Wildman–Crippen MR) is 120 cm³/mol. The minimum atomic E-state index is -0.288. The van der Waals surface area contributed by atoms with Gasteiger partial charge in [0.1, 0.15) is 5.82 Å². The van der Waals surface area contributed by atoms with Gasteiger partial charge >= 0.3 is 0 Å². The van der Waals surface area contributed by atoms with Crippen LogP contribution in [0.3, 0.4) is 0 Å². The van der Waals surface area contributed by atoms with E-state index in [9.17, 15) is 9.18 Å². The van der Waals surface area contributed by atoms with Crippen LogP contribution in [0.5, 0.6) is 0 Å². The molecule has 0 bridgehead atoms. The highest BCUT2D eigenvalue weighted by atomic mass is 127. The average molecular weight is 547 g/mol. The summed E-state index contributed by atoms with van der Waals surface area (Å²) in [6.07, 6.45) is 0.428. The maximum atomic E-state index is 13.5. The molecule has 0 aliphatic carbocycles. The zero-order chi connectivity index (χ0) is 18.5. The van der Waals surface area contributed by atoms with E-state index < -0.39 is 0 Å². The van der Waals surface area contributed by atoms with E-state index in [1.807, 2.05) is 30.3 Å². The zero-order valence-electron chi connectivity index (χ0n) is 14.8. The van der Waals surface area contributed by atoms with E-state index in [1.165, 1.54) is 12.1 Å². The molecule has 1 heterocycles. The summed E-state index contributed by atoms with van der Waals surface area (Å²) in [7, 11) is 1.68. The maximum absolute atomic E-state index is 13.5. The van der Waals surface area contributed by atoms with Crippen LogP contribution in [-0.2, 0) is 11.3 Å². The molecule has 1 amide bonds. The number of hydrogen-bond donors (Lipinski definition) is 3. The molecule has 27 heavy (non-hydrogen) atoms. The van der Waals surface area contributed by atoms with E-state index in [0.29, 0.717) is 29.9 Å². The third-order valence-corrected chi connectivity index (χ3v) is 4.69. The monoisotopic (exact) mass is 546 g/mol. The second kappa shape index (κ2) is 10.0. The van der Waals surface area contributed by atoms with Gasteiger partial charge in [0, 0.05) is 42.6 Å². The minimum Gasteiger partial charge on any atom is -0.356 e. The molecule has 5 nitrogen and oxygen atoms in total. The summed E-state index contributed by atoms with van der Waals surface area (Å²) in [5, 5.41) is 9.32. The summed E-state index contributed by atoms with van der Waals surface area (Å²) in [6.45, 7) is 1.02. The van der Waals surface area contributed by atoms with Gasteiger partial charge in [-0.3, -0.25) is 9.79 Å². The lowest BCUT2D eigenvalue weighted by atomic mass is 9.90. The maximum Gasteiger partial charge on any atom is 0.225 e. The molecule has 2 aromatic rings. The van der Waals surface area contributed by atoms with Crippen molar-refractivity contribution in [2.75, 3.05) is 18.9 Å². The van der Waals surface area contributed by atoms with Crippen LogP contribution in [-0.4, -0.2) is 25.5 Å². The number of anilines is 1. The molecule has 3 rings (SSSR count). The number of guanidine groups is 1. The molecule has 1 atom stereocenters. The normalized spacial score (nSPS) is 16.0. The van der Waals surface area contributed by atoms with Gasteiger partial charge in [-0.25, -0.2) is 4.39 Å². The second-order valence-electron chi connectivity index (χ2n) is 6.12. The van der Waals surface area contributed by atoms with Crippen LogP contribution in [0.4, 0.5) is 10.1 Å². The van der Waals surface area contributed by atoms with Crippen LogP contribution >= 0.6 is 39.9 Å². The summed E-state index contributed by atoms with van der Waals surface area (Å²) in [5.41, 5.74) is 2.79. The first kappa shape index (κ1) is 21.6. The predicted octanol–water partition coefficient (Wildman–Crippen LogP) is 4.00. The van der Waals surface area contributed by atoms with Crippen molar-refractivity contribution in [2.45, 2.75) is 18.9 Å². The van der Waals surface area contributed by atoms with Gasteiger partial charge in [0.2, 0.25) is 5.91 Å². The van der Waals surface area contributed by atoms with Gasteiger partial charge in [0.15, 0.2) is 5.96 Å². The molecule has 0 radical (unpaired) electrons. The van der Waals surface area contributed by atoms with Crippen LogP contribution in [0.1, 0.15) is 23.5 Å². The average Bonchev–Trinajstić information content (AvgIpc) is 2.60. The van der Waals surface area contributed by atoms with Gasteiger partial charge < -0.3 is 16.0 Å². The SMILES string of the molecule is CN=C(NCc1cc(F)cc(Br)c1)NCC1CC(=O)Nc2ccccc21.I. The van der Waals surface area contributed by atoms with E-state index in [0.717, 1.165) is 16.8 Å². The standard InChI is InChI=1S/C19H20BrFN4O.HI/c1-22-19(23-10-12-6-14(20)9-15(21)7-12)24-11-13-8-18(26)25-17-5-3-2-4-16(13)17;/h2-7,9,13H,8,10-11H2,1H3,(H,25,26)(H2,22,23,24);1H. The quantitative estimate of drug-likeness (QED) is 0.308. The number of nitrogens with one attached hydrogen (secondary N) is 3. The Labute approximate surface area is 183 Å². The fraction of sp³-hybridized carbons (Fsp3) is 0.263. The minimum absolute atomic E-state index is 0. The number of aliphatic imine (C=N–C) groups is 1. The Morgan fingerprint density at radius 3 is 2.81 bits per heavy atom. The molecule has 144 valence electrons. The van der Waals surface area contributed by atoms with Gasteiger partial charge in [0.25, 0.3) is 0 Å². The Morgan fingerprint density at radius 1 is 1.30 bits per heavy atom. The highest BCUT2D eigenvalue weighted by Gasteiger charge is 2.24. The van der Waals surface area contributed by atoms with E-state index in [2.05, 4.69) is 36.9 Å². The second-order valence-corrected chi connectivity index (χ2v) is 7.04. The molecule has 3 N–H and O–H groups in total. The number of para-hydroxylation sites is 1. The van der Waals surface area contributed by atoms with E-state index in [4.69, 9.17) is 0 Å². The van der Waals surface area contributed by atoms with Crippen LogP contribution < -0.4 is 16.0 Å². The smallest absolute Gasteiger partial charge is 0.225 e. The number of rotatable bonds is 4. The molecule has 1 unspecified atom stereocenters. The molecule has 1 aliphatic heterocycles. The van der Waals surface area contributed by atoms with Crippen molar-refractivity contribution < 1.29 is 9.18 Å². The number of carbonyl (C=O) groups is 1. The number of fused-ring (bicyclic) bond motifs is 1. The highest BCUT2D eigenvalue weighted by molar-refractivity contribution is 14.0. The fourth-order valence-corrected chi connectivity index (χ4v) is 3.54. The number of amides is 1. The van der Waals surface area contributed by atoms with Crippen molar-refractivity contribution in [1.82, 2.24) is 10.6 Å². The highest BCUT2D eigenvalue weighted by Crippen LogP contribution is 2.31. The summed E-state index contributed by atoms with van der Waals surface area (Å²) < 4.78 is 14.2. The van der Waals surface area contributed by atoms with Crippen molar-refractivity contribution >= 4 is 57.5 Å². The van der Waals surface area contributed by atoms with Crippen LogP contribution in [0.15, 0.2) is 51.9 Å². The fourth-order valence-electron chi connectivity index (χ4n) is 3.02. The largest absolute Gasteiger partial charge is 0.356 e. The van der Waals surface area contributed by atoms with Gasteiger partial charge in [-0.1, -0.05) is 34.1 Å². The zero-order valence-corrected chi connectivity index (χ0v) is 18.7. The van der Waals surface area contributed by atoms with Crippen LogP contribution in [0.25, 0.3) is 0 Å². The first-order chi connectivity index (χ1) is 12.5. The molecule has 8 heteroatoms. The molecular formula is C19H21BrFIN4O.